The number of hydrogen-bond donors (Lipinski definition) is 3. The molecular weight excluding hydrogens is 422 g/mol. The number of nitrogens with zero attached hydrogens (tertiary/aromatic N) is 2. The summed E-state index contributed by atoms with van der Waals surface area (Å²) in [4.78, 5) is 24.3. The van der Waals surface area contributed by atoms with Crippen molar-refractivity contribution in [3.8, 4) is 11.1 Å². The van der Waals surface area contributed by atoms with E-state index in [4.69, 9.17) is 11.6 Å². The van der Waals surface area contributed by atoms with E-state index in [1.54, 1.807) is 36.8 Å². The standard InChI is InChI=1S/C25H22ClN5O/c26-21-10-6-20(7-11-21)24(32)31-25(28-15-14-23-16-27-17-29-23)30-22-12-8-19(9-13-22)18-4-2-1-3-5-18/h1-13,16-17H,14-15H2,(H,27,29)(H2,28,30,31,32). The first kappa shape index (κ1) is 21.3. The van der Waals surface area contributed by atoms with E-state index in [1.165, 1.54) is 0 Å². The minimum atomic E-state index is -0.268. The van der Waals surface area contributed by atoms with Crippen LogP contribution in [0.1, 0.15) is 16.1 Å². The topological polar surface area (TPSA) is 82.2 Å². The molecule has 1 amide bonds. The highest BCUT2D eigenvalue weighted by molar-refractivity contribution is 6.30. The SMILES string of the molecule is O=C(NC(=NCCc1cnc[nH]1)Nc1ccc(-c2ccccc2)cc1)c1ccc(Cl)cc1. The number of carbonyl (C=O) groups is 1. The molecule has 0 aliphatic carbocycles. The van der Waals surface area contributed by atoms with Crippen molar-refractivity contribution in [3.05, 3.63) is 108 Å². The number of amides is 1. The summed E-state index contributed by atoms with van der Waals surface area (Å²) < 4.78 is 0. The third-order valence-corrected chi connectivity index (χ3v) is 5.05. The molecule has 7 heteroatoms. The molecule has 0 unspecified atom stereocenters. The monoisotopic (exact) mass is 443 g/mol. The molecule has 0 fully saturated rings. The van der Waals surface area contributed by atoms with Crippen LogP contribution in [-0.4, -0.2) is 28.4 Å². The molecule has 0 aliphatic heterocycles. The highest BCUT2D eigenvalue weighted by Crippen LogP contribution is 2.21. The number of nitrogens with one attached hydrogen (secondary N) is 3. The molecular formula is C25H22ClN5O. The maximum absolute atomic E-state index is 12.7. The van der Waals surface area contributed by atoms with Crippen LogP contribution in [0.25, 0.3) is 11.1 Å². The lowest BCUT2D eigenvalue weighted by Crippen LogP contribution is -2.36. The van der Waals surface area contributed by atoms with Gasteiger partial charge in [-0.25, -0.2) is 4.98 Å². The maximum Gasteiger partial charge on any atom is 0.257 e. The van der Waals surface area contributed by atoms with Crippen LogP contribution in [0.3, 0.4) is 0 Å². The number of imidazole rings is 1. The van der Waals surface area contributed by atoms with E-state index in [0.29, 0.717) is 29.5 Å². The number of hydrogen-bond acceptors (Lipinski definition) is 3. The second kappa shape index (κ2) is 10.4. The molecule has 0 aliphatic rings. The molecule has 0 spiro atoms. The summed E-state index contributed by atoms with van der Waals surface area (Å²) in [6, 6.07) is 24.8. The van der Waals surface area contributed by atoms with Crippen molar-refractivity contribution in [1.29, 1.82) is 0 Å². The van der Waals surface area contributed by atoms with Gasteiger partial charge in [-0.3, -0.25) is 15.1 Å². The Morgan fingerprint density at radius 1 is 0.938 bits per heavy atom. The van der Waals surface area contributed by atoms with Gasteiger partial charge in [0.1, 0.15) is 0 Å². The van der Waals surface area contributed by atoms with Gasteiger partial charge in [-0.15, -0.1) is 0 Å². The molecule has 3 aromatic carbocycles. The average Bonchev–Trinajstić information content (AvgIpc) is 3.34. The first-order chi connectivity index (χ1) is 15.7. The molecule has 0 radical (unpaired) electrons. The van der Waals surface area contributed by atoms with Crippen molar-refractivity contribution in [2.75, 3.05) is 11.9 Å². The molecule has 0 saturated carbocycles. The van der Waals surface area contributed by atoms with Gasteiger partial charge in [0.2, 0.25) is 5.96 Å². The Labute approximate surface area is 191 Å². The molecule has 6 nitrogen and oxygen atoms in total. The third kappa shape index (κ3) is 5.83. The van der Waals surface area contributed by atoms with Gasteiger partial charge in [-0.05, 0) is 47.5 Å². The molecule has 160 valence electrons. The van der Waals surface area contributed by atoms with Gasteiger partial charge >= 0.3 is 0 Å². The van der Waals surface area contributed by atoms with E-state index in [1.807, 2.05) is 42.5 Å². The Hall–Kier alpha value is -3.90. The third-order valence-electron chi connectivity index (χ3n) is 4.80. The van der Waals surface area contributed by atoms with Crippen molar-refractivity contribution < 1.29 is 4.79 Å². The lowest BCUT2D eigenvalue weighted by Gasteiger charge is -2.12. The summed E-state index contributed by atoms with van der Waals surface area (Å²) in [5.41, 5.74) is 4.55. The van der Waals surface area contributed by atoms with E-state index in [-0.39, 0.29) is 5.91 Å². The Balaban J connectivity index is 1.48. The first-order valence-corrected chi connectivity index (χ1v) is 10.6. The van der Waals surface area contributed by atoms with Crippen LogP contribution in [0.15, 0.2) is 96.4 Å². The number of aromatic nitrogens is 2. The Morgan fingerprint density at radius 3 is 2.34 bits per heavy atom. The fourth-order valence-corrected chi connectivity index (χ4v) is 3.24. The molecule has 3 N–H and O–H groups in total. The maximum atomic E-state index is 12.7. The molecule has 1 heterocycles. The number of guanidine groups is 1. The van der Waals surface area contributed by atoms with E-state index in [9.17, 15) is 4.79 Å². The van der Waals surface area contributed by atoms with Crippen LogP contribution in [0.5, 0.6) is 0 Å². The highest BCUT2D eigenvalue weighted by atomic mass is 35.5. The molecule has 0 saturated heterocycles. The van der Waals surface area contributed by atoms with Gasteiger partial charge in [0.15, 0.2) is 0 Å². The second-order valence-corrected chi connectivity index (χ2v) is 7.52. The summed E-state index contributed by atoms with van der Waals surface area (Å²) in [5, 5.41) is 6.65. The molecule has 0 bridgehead atoms. The zero-order valence-electron chi connectivity index (χ0n) is 17.3. The van der Waals surface area contributed by atoms with E-state index in [0.717, 1.165) is 22.5 Å². The van der Waals surface area contributed by atoms with Gasteiger partial charge in [-0.1, -0.05) is 54.1 Å². The molecule has 32 heavy (non-hydrogen) atoms. The van der Waals surface area contributed by atoms with Crippen LogP contribution >= 0.6 is 11.6 Å². The Morgan fingerprint density at radius 2 is 1.66 bits per heavy atom. The van der Waals surface area contributed by atoms with Gasteiger partial charge in [0.05, 0.1) is 6.33 Å². The van der Waals surface area contributed by atoms with Crippen molar-refractivity contribution >= 4 is 29.2 Å². The smallest absolute Gasteiger partial charge is 0.257 e. The molecule has 0 atom stereocenters. The highest BCUT2D eigenvalue weighted by Gasteiger charge is 2.10. The van der Waals surface area contributed by atoms with E-state index >= 15 is 0 Å². The van der Waals surface area contributed by atoms with Crippen molar-refractivity contribution in [1.82, 2.24) is 15.3 Å². The van der Waals surface area contributed by atoms with Crippen LogP contribution in [0.2, 0.25) is 5.02 Å². The van der Waals surface area contributed by atoms with Crippen molar-refractivity contribution in [3.63, 3.8) is 0 Å². The molecule has 4 aromatic rings. The van der Waals surface area contributed by atoms with Gasteiger partial charge in [-0.2, -0.15) is 0 Å². The predicted octanol–water partition coefficient (Wildman–Crippen LogP) is 5.17. The minimum absolute atomic E-state index is 0.268. The molecule has 4 rings (SSSR count). The normalized spacial score (nSPS) is 11.2. The number of anilines is 1. The fourth-order valence-electron chi connectivity index (χ4n) is 3.11. The average molecular weight is 444 g/mol. The summed E-state index contributed by atoms with van der Waals surface area (Å²) in [5.74, 6) is 0.104. The van der Waals surface area contributed by atoms with E-state index < -0.39 is 0 Å². The number of rotatable bonds is 6. The van der Waals surface area contributed by atoms with Crippen LogP contribution in [-0.2, 0) is 6.42 Å². The zero-order chi connectivity index (χ0) is 22.2. The van der Waals surface area contributed by atoms with Crippen LogP contribution in [0.4, 0.5) is 5.69 Å². The summed E-state index contributed by atoms with van der Waals surface area (Å²) in [6.07, 6.45) is 4.07. The number of H-pyrrole nitrogens is 1. The zero-order valence-corrected chi connectivity index (χ0v) is 18.0. The largest absolute Gasteiger partial charge is 0.348 e. The number of benzene rings is 3. The lowest BCUT2D eigenvalue weighted by atomic mass is 10.1. The summed E-state index contributed by atoms with van der Waals surface area (Å²) >= 11 is 5.93. The second-order valence-electron chi connectivity index (χ2n) is 7.09. The number of aromatic amines is 1. The van der Waals surface area contributed by atoms with Gasteiger partial charge < -0.3 is 10.3 Å². The van der Waals surface area contributed by atoms with Crippen LogP contribution < -0.4 is 10.6 Å². The summed E-state index contributed by atoms with van der Waals surface area (Å²) in [7, 11) is 0. The van der Waals surface area contributed by atoms with E-state index in [2.05, 4.69) is 37.7 Å². The number of aliphatic imine (C=N–C) groups is 1. The first-order valence-electron chi connectivity index (χ1n) is 10.2. The van der Waals surface area contributed by atoms with Gasteiger partial charge in [0, 0.05) is 41.1 Å². The Kier molecular flexibility index (Phi) is 6.94. The quantitative estimate of drug-likeness (QED) is 0.284. The van der Waals surface area contributed by atoms with Gasteiger partial charge in [0.25, 0.3) is 5.91 Å². The van der Waals surface area contributed by atoms with Crippen molar-refractivity contribution in [2.24, 2.45) is 4.99 Å². The predicted molar refractivity (Wildman–Crippen MR) is 129 cm³/mol. The van der Waals surface area contributed by atoms with Crippen molar-refractivity contribution in [2.45, 2.75) is 6.42 Å². The fraction of sp³-hybridized carbons (Fsp3) is 0.0800. The number of carbonyl (C=O) groups excluding carboxylic acids is 1. The Bertz CT molecular complexity index is 1170. The van der Waals surface area contributed by atoms with Crippen LogP contribution in [0, 0.1) is 0 Å². The minimum Gasteiger partial charge on any atom is -0.348 e. The number of halogens is 1. The lowest BCUT2D eigenvalue weighted by molar-refractivity contribution is 0.0977. The summed E-state index contributed by atoms with van der Waals surface area (Å²) in [6.45, 7) is 0.480. The molecule has 1 aromatic heterocycles.